The maximum atomic E-state index is 12.6. The van der Waals surface area contributed by atoms with Crippen molar-refractivity contribution < 1.29 is 9.53 Å². The van der Waals surface area contributed by atoms with Gasteiger partial charge in [-0.2, -0.15) is 4.98 Å². The third kappa shape index (κ3) is 5.44. The summed E-state index contributed by atoms with van der Waals surface area (Å²) in [5.74, 6) is 1.87. The third-order valence-electron chi connectivity index (χ3n) is 5.67. The molecule has 8 nitrogen and oxygen atoms in total. The van der Waals surface area contributed by atoms with Crippen LogP contribution < -0.4 is 20.7 Å². The van der Waals surface area contributed by atoms with E-state index in [-0.39, 0.29) is 5.91 Å². The van der Waals surface area contributed by atoms with E-state index in [9.17, 15) is 4.79 Å². The molecule has 0 saturated heterocycles. The third-order valence-corrected chi connectivity index (χ3v) is 5.67. The van der Waals surface area contributed by atoms with E-state index in [1.165, 1.54) is 0 Å². The van der Waals surface area contributed by atoms with Gasteiger partial charge in [-0.15, -0.1) is 0 Å². The molecule has 0 aliphatic carbocycles. The van der Waals surface area contributed by atoms with Gasteiger partial charge in [0.25, 0.3) is 0 Å². The zero-order valence-electron chi connectivity index (χ0n) is 20.0. The van der Waals surface area contributed by atoms with Crippen LogP contribution >= 0.6 is 0 Å². The molecule has 0 radical (unpaired) electrons. The number of aryl methyl sites for hydroxylation is 1. The standard InChI is InChI=1S/C28H26N6O2/c1-18-15-26(31-20-11-13-23(36-2)14-12-20)34-28(30-18)33-22-9-7-21(8-10-22)32-27(35)16-19-17-29-25-6-4-3-5-24(19)25/h3-15,17,29H,16H2,1-2H3,(H,32,35)(H2,30,31,33,34). The smallest absolute Gasteiger partial charge is 0.229 e. The highest BCUT2D eigenvalue weighted by Crippen LogP contribution is 2.23. The molecular formula is C28H26N6O2. The Kier molecular flexibility index (Phi) is 6.48. The van der Waals surface area contributed by atoms with Gasteiger partial charge in [-0.1, -0.05) is 18.2 Å². The molecule has 180 valence electrons. The number of carbonyl (C=O) groups is 1. The van der Waals surface area contributed by atoms with Gasteiger partial charge in [0.15, 0.2) is 0 Å². The Morgan fingerprint density at radius 2 is 1.58 bits per heavy atom. The number of methoxy groups -OCH3 is 1. The van der Waals surface area contributed by atoms with Gasteiger partial charge >= 0.3 is 0 Å². The molecule has 8 heteroatoms. The van der Waals surface area contributed by atoms with Crippen molar-refractivity contribution in [3.05, 3.63) is 96.3 Å². The number of aromatic amines is 1. The number of carbonyl (C=O) groups excluding carboxylic acids is 1. The van der Waals surface area contributed by atoms with Crippen molar-refractivity contribution in [2.24, 2.45) is 0 Å². The summed E-state index contributed by atoms with van der Waals surface area (Å²) in [4.78, 5) is 24.8. The van der Waals surface area contributed by atoms with Crippen molar-refractivity contribution in [3.63, 3.8) is 0 Å². The largest absolute Gasteiger partial charge is 0.497 e. The molecule has 2 heterocycles. The molecule has 36 heavy (non-hydrogen) atoms. The van der Waals surface area contributed by atoms with Crippen LogP contribution in [0.5, 0.6) is 5.75 Å². The van der Waals surface area contributed by atoms with E-state index in [1.807, 2.05) is 92.0 Å². The molecule has 0 fully saturated rings. The number of ether oxygens (including phenoxy) is 1. The SMILES string of the molecule is COc1ccc(Nc2cc(C)nc(Nc3ccc(NC(=O)Cc4c[nH]c5ccccc45)cc3)n2)cc1. The van der Waals surface area contributed by atoms with Crippen LogP contribution in [0.1, 0.15) is 11.3 Å². The van der Waals surface area contributed by atoms with Gasteiger partial charge in [-0.05, 0) is 67.1 Å². The van der Waals surface area contributed by atoms with Crippen LogP contribution in [0.15, 0.2) is 85.1 Å². The second-order valence-corrected chi connectivity index (χ2v) is 8.36. The number of para-hydroxylation sites is 1. The molecule has 5 rings (SSSR count). The number of hydrogen-bond donors (Lipinski definition) is 4. The van der Waals surface area contributed by atoms with Crippen LogP contribution in [0, 0.1) is 6.92 Å². The maximum absolute atomic E-state index is 12.6. The number of nitrogens with zero attached hydrogens (tertiary/aromatic N) is 2. The number of hydrogen-bond acceptors (Lipinski definition) is 6. The second-order valence-electron chi connectivity index (χ2n) is 8.36. The zero-order valence-corrected chi connectivity index (χ0v) is 20.0. The quantitative estimate of drug-likeness (QED) is 0.220. The average Bonchev–Trinajstić information content (AvgIpc) is 3.28. The van der Waals surface area contributed by atoms with Crippen LogP contribution in [-0.2, 0) is 11.2 Å². The summed E-state index contributed by atoms with van der Waals surface area (Å²) in [6, 6.07) is 24.9. The number of rotatable bonds is 8. The molecule has 0 saturated carbocycles. The monoisotopic (exact) mass is 478 g/mol. The second kappa shape index (κ2) is 10.2. The van der Waals surface area contributed by atoms with Gasteiger partial charge in [0.05, 0.1) is 13.5 Å². The molecule has 0 aliphatic heterocycles. The van der Waals surface area contributed by atoms with Crippen LogP contribution in [0.4, 0.5) is 28.8 Å². The first-order chi connectivity index (χ1) is 17.6. The highest BCUT2D eigenvalue weighted by atomic mass is 16.5. The maximum Gasteiger partial charge on any atom is 0.229 e. The Bertz CT molecular complexity index is 1490. The predicted molar refractivity (Wildman–Crippen MR) is 143 cm³/mol. The van der Waals surface area contributed by atoms with Gasteiger partial charge in [-0.3, -0.25) is 4.79 Å². The lowest BCUT2D eigenvalue weighted by molar-refractivity contribution is -0.115. The lowest BCUT2D eigenvalue weighted by atomic mass is 10.1. The van der Waals surface area contributed by atoms with Crippen LogP contribution in [0.3, 0.4) is 0 Å². The van der Waals surface area contributed by atoms with E-state index in [2.05, 4.69) is 30.9 Å². The Balaban J connectivity index is 1.21. The summed E-state index contributed by atoms with van der Waals surface area (Å²) < 4.78 is 5.20. The fourth-order valence-electron chi connectivity index (χ4n) is 3.93. The molecule has 4 N–H and O–H groups in total. The van der Waals surface area contributed by atoms with Gasteiger partial charge in [0.2, 0.25) is 11.9 Å². The van der Waals surface area contributed by atoms with Gasteiger partial charge < -0.3 is 25.7 Å². The van der Waals surface area contributed by atoms with Crippen molar-refractivity contribution in [1.29, 1.82) is 0 Å². The summed E-state index contributed by atoms with van der Waals surface area (Å²) in [6.45, 7) is 1.92. The minimum atomic E-state index is -0.0725. The molecule has 5 aromatic rings. The van der Waals surface area contributed by atoms with E-state index >= 15 is 0 Å². The van der Waals surface area contributed by atoms with E-state index in [4.69, 9.17) is 4.74 Å². The fraction of sp³-hybridized carbons (Fsp3) is 0.107. The van der Waals surface area contributed by atoms with E-state index < -0.39 is 0 Å². The summed E-state index contributed by atoms with van der Waals surface area (Å²) in [6.07, 6.45) is 2.18. The first-order valence-electron chi connectivity index (χ1n) is 11.5. The number of benzene rings is 3. The minimum Gasteiger partial charge on any atom is -0.497 e. The number of fused-ring (bicyclic) bond motifs is 1. The lowest BCUT2D eigenvalue weighted by Crippen LogP contribution is -2.14. The fourth-order valence-corrected chi connectivity index (χ4v) is 3.93. The normalized spacial score (nSPS) is 10.7. The van der Waals surface area contributed by atoms with Gasteiger partial charge in [0.1, 0.15) is 11.6 Å². The Hall–Kier alpha value is -4.85. The van der Waals surface area contributed by atoms with Gasteiger partial charge in [0, 0.05) is 45.9 Å². The number of amides is 1. The van der Waals surface area contributed by atoms with Crippen molar-refractivity contribution in [2.45, 2.75) is 13.3 Å². The highest BCUT2D eigenvalue weighted by molar-refractivity contribution is 5.95. The molecule has 3 aromatic carbocycles. The topological polar surface area (TPSA) is 104 Å². The Morgan fingerprint density at radius 3 is 2.36 bits per heavy atom. The van der Waals surface area contributed by atoms with Crippen molar-refractivity contribution in [3.8, 4) is 5.75 Å². The molecule has 0 unspecified atom stereocenters. The van der Waals surface area contributed by atoms with Crippen LogP contribution in [-0.4, -0.2) is 28.0 Å². The van der Waals surface area contributed by atoms with Crippen molar-refractivity contribution in [2.75, 3.05) is 23.1 Å². The first kappa shape index (κ1) is 22.9. The summed E-state index contributed by atoms with van der Waals surface area (Å²) in [5, 5.41) is 10.5. The molecule has 2 aromatic heterocycles. The van der Waals surface area contributed by atoms with Crippen molar-refractivity contribution >= 4 is 45.6 Å². The number of aromatic nitrogens is 3. The molecule has 1 amide bonds. The number of H-pyrrole nitrogens is 1. The van der Waals surface area contributed by atoms with E-state index in [0.29, 0.717) is 18.2 Å². The molecule has 0 atom stereocenters. The Labute approximate surface area is 208 Å². The van der Waals surface area contributed by atoms with Crippen LogP contribution in [0.25, 0.3) is 10.9 Å². The lowest BCUT2D eigenvalue weighted by Gasteiger charge is -2.11. The number of nitrogens with one attached hydrogen (secondary N) is 4. The van der Waals surface area contributed by atoms with Crippen molar-refractivity contribution in [1.82, 2.24) is 15.0 Å². The molecule has 0 bridgehead atoms. The Morgan fingerprint density at radius 1 is 0.889 bits per heavy atom. The first-order valence-corrected chi connectivity index (χ1v) is 11.5. The molecule has 0 aliphatic rings. The highest BCUT2D eigenvalue weighted by Gasteiger charge is 2.09. The average molecular weight is 479 g/mol. The van der Waals surface area contributed by atoms with Gasteiger partial charge in [-0.25, -0.2) is 4.98 Å². The zero-order chi connectivity index (χ0) is 24.9. The number of anilines is 5. The summed E-state index contributed by atoms with van der Waals surface area (Å²) >= 11 is 0. The molecule has 0 spiro atoms. The summed E-state index contributed by atoms with van der Waals surface area (Å²) in [7, 11) is 1.64. The predicted octanol–water partition coefficient (Wildman–Crippen LogP) is 5.94. The minimum absolute atomic E-state index is 0.0725. The van der Waals surface area contributed by atoms with Crippen LogP contribution in [0.2, 0.25) is 0 Å². The molecular weight excluding hydrogens is 452 g/mol. The summed E-state index contributed by atoms with van der Waals surface area (Å²) in [5.41, 5.74) is 5.24. The van der Waals surface area contributed by atoms with E-state index in [0.717, 1.165) is 45.0 Å². The van der Waals surface area contributed by atoms with E-state index in [1.54, 1.807) is 7.11 Å².